The van der Waals surface area contributed by atoms with Crippen molar-refractivity contribution in [1.29, 1.82) is 0 Å². The fourth-order valence-corrected chi connectivity index (χ4v) is 3.58. The van der Waals surface area contributed by atoms with Gasteiger partial charge in [-0.1, -0.05) is 24.3 Å². The molecule has 1 N–H and O–H groups in total. The Balaban J connectivity index is 0.00000208. The van der Waals surface area contributed by atoms with Crippen LogP contribution < -0.4 is 5.32 Å². The van der Waals surface area contributed by atoms with E-state index in [4.69, 9.17) is 4.99 Å². The van der Waals surface area contributed by atoms with Gasteiger partial charge in [-0.15, -0.1) is 24.0 Å². The van der Waals surface area contributed by atoms with E-state index in [-0.39, 0.29) is 24.0 Å². The van der Waals surface area contributed by atoms with Crippen LogP contribution in [0.15, 0.2) is 29.3 Å². The maximum Gasteiger partial charge on any atom is 0.193 e. The van der Waals surface area contributed by atoms with Gasteiger partial charge in [0.05, 0.1) is 6.54 Å². The summed E-state index contributed by atoms with van der Waals surface area (Å²) < 4.78 is 0. The van der Waals surface area contributed by atoms with Gasteiger partial charge in [0.15, 0.2) is 5.96 Å². The molecule has 1 atom stereocenters. The van der Waals surface area contributed by atoms with Crippen molar-refractivity contribution in [2.75, 3.05) is 32.7 Å². The molecule has 4 nitrogen and oxygen atoms in total. The summed E-state index contributed by atoms with van der Waals surface area (Å²) in [6.07, 6.45) is 3.75. The monoisotopic (exact) mass is 442 g/mol. The van der Waals surface area contributed by atoms with E-state index in [1.54, 1.807) is 0 Å². The highest BCUT2D eigenvalue weighted by Crippen LogP contribution is 2.20. The number of nitrogens with one attached hydrogen (secondary N) is 1. The molecule has 3 rings (SSSR count). The molecule has 1 aromatic rings. The average Bonchev–Trinajstić information content (AvgIpc) is 3.12. The first-order valence-corrected chi connectivity index (χ1v) is 9.12. The highest BCUT2D eigenvalue weighted by Gasteiger charge is 2.21. The van der Waals surface area contributed by atoms with Gasteiger partial charge in [-0.3, -0.25) is 9.89 Å². The van der Waals surface area contributed by atoms with Crippen LogP contribution in [0.4, 0.5) is 0 Å². The molecule has 2 aliphatic heterocycles. The summed E-state index contributed by atoms with van der Waals surface area (Å²) in [6.45, 7) is 10.8. The first-order chi connectivity index (χ1) is 11.3. The van der Waals surface area contributed by atoms with Crippen molar-refractivity contribution in [2.24, 2.45) is 4.99 Å². The lowest BCUT2D eigenvalue weighted by molar-refractivity contribution is 0.195. The van der Waals surface area contributed by atoms with Crippen LogP contribution in [0.2, 0.25) is 0 Å². The van der Waals surface area contributed by atoms with Crippen LogP contribution in [-0.4, -0.2) is 54.5 Å². The van der Waals surface area contributed by atoms with Crippen LogP contribution in [0, 0.1) is 0 Å². The highest BCUT2D eigenvalue weighted by atomic mass is 127. The van der Waals surface area contributed by atoms with Crippen LogP contribution in [0.1, 0.15) is 37.8 Å². The largest absolute Gasteiger partial charge is 0.357 e. The van der Waals surface area contributed by atoms with E-state index in [2.05, 4.69) is 53.2 Å². The zero-order valence-electron chi connectivity index (χ0n) is 15.0. The van der Waals surface area contributed by atoms with Gasteiger partial charge in [0.1, 0.15) is 0 Å². The Labute approximate surface area is 163 Å². The van der Waals surface area contributed by atoms with E-state index in [9.17, 15) is 0 Å². The molecule has 2 heterocycles. The molecule has 0 saturated carbocycles. The third kappa shape index (κ3) is 4.85. The van der Waals surface area contributed by atoms with Crippen molar-refractivity contribution < 1.29 is 0 Å². The zero-order chi connectivity index (χ0) is 16.1. The predicted molar refractivity (Wildman–Crippen MR) is 112 cm³/mol. The molecule has 0 aromatic heterocycles. The molecule has 0 bridgehead atoms. The lowest BCUT2D eigenvalue weighted by Gasteiger charge is -2.33. The molecule has 0 radical (unpaired) electrons. The number of hydrogen-bond donors (Lipinski definition) is 1. The molecule has 1 fully saturated rings. The molecule has 0 aliphatic carbocycles. The highest BCUT2D eigenvalue weighted by molar-refractivity contribution is 14.0. The van der Waals surface area contributed by atoms with Gasteiger partial charge in [-0.25, -0.2) is 0 Å². The van der Waals surface area contributed by atoms with Crippen molar-refractivity contribution in [2.45, 2.75) is 45.7 Å². The summed E-state index contributed by atoms with van der Waals surface area (Å²) in [5.74, 6) is 1.11. The Morgan fingerprint density at radius 3 is 2.58 bits per heavy atom. The topological polar surface area (TPSA) is 30.9 Å². The van der Waals surface area contributed by atoms with Crippen molar-refractivity contribution in [3.05, 3.63) is 35.4 Å². The molecule has 0 amide bonds. The Morgan fingerprint density at radius 1 is 1.17 bits per heavy atom. The maximum atomic E-state index is 4.92. The standard InChI is InChI=1S/C19H30N4.HI/c1-3-20-19(22-11-6-7-12-22)21-14-16(2)23-13-10-17-8-4-5-9-18(17)15-23;/h4-5,8-9,16H,3,6-7,10-15H2,1-2H3,(H,20,21);1H. The van der Waals surface area contributed by atoms with Gasteiger partial charge in [0.2, 0.25) is 0 Å². The fraction of sp³-hybridized carbons (Fsp3) is 0.632. The number of rotatable bonds is 4. The minimum absolute atomic E-state index is 0. The summed E-state index contributed by atoms with van der Waals surface area (Å²) in [7, 11) is 0. The van der Waals surface area contributed by atoms with Gasteiger partial charge < -0.3 is 10.2 Å². The second-order valence-corrected chi connectivity index (χ2v) is 6.73. The number of nitrogens with zero attached hydrogens (tertiary/aromatic N) is 3. The lowest BCUT2D eigenvalue weighted by atomic mass is 9.99. The lowest BCUT2D eigenvalue weighted by Crippen LogP contribution is -2.42. The quantitative estimate of drug-likeness (QED) is 0.442. The van der Waals surface area contributed by atoms with Crippen LogP contribution in [0.25, 0.3) is 0 Å². The number of hydrogen-bond acceptors (Lipinski definition) is 2. The molecule has 0 spiro atoms. The van der Waals surface area contributed by atoms with Crippen molar-refractivity contribution in [1.82, 2.24) is 15.1 Å². The molecule has 1 aromatic carbocycles. The molecular weight excluding hydrogens is 411 g/mol. The van der Waals surface area contributed by atoms with Gasteiger partial charge in [-0.05, 0) is 44.2 Å². The number of likely N-dealkylation sites (tertiary alicyclic amines) is 1. The molecule has 5 heteroatoms. The Hall–Kier alpha value is -0.820. The minimum Gasteiger partial charge on any atom is -0.357 e. The SMILES string of the molecule is CCNC(=NCC(C)N1CCc2ccccc2C1)N1CCCC1.I. The molecule has 1 unspecified atom stereocenters. The van der Waals surface area contributed by atoms with Crippen molar-refractivity contribution in [3.63, 3.8) is 0 Å². The Kier molecular flexibility index (Phi) is 7.81. The van der Waals surface area contributed by atoms with E-state index < -0.39 is 0 Å². The molecular formula is C19H31IN4. The van der Waals surface area contributed by atoms with Crippen molar-refractivity contribution >= 4 is 29.9 Å². The van der Waals surface area contributed by atoms with Gasteiger partial charge >= 0.3 is 0 Å². The summed E-state index contributed by atoms with van der Waals surface area (Å²) in [6, 6.07) is 9.33. The first-order valence-electron chi connectivity index (χ1n) is 9.12. The third-order valence-corrected chi connectivity index (χ3v) is 5.03. The first kappa shape index (κ1) is 19.5. The second kappa shape index (κ2) is 9.61. The number of fused-ring (bicyclic) bond motifs is 1. The van der Waals surface area contributed by atoms with Gasteiger partial charge in [-0.2, -0.15) is 0 Å². The fourth-order valence-electron chi connectivity index (χ4n) is 3.58. The summed E-state index contributed by atoms with van der Waals surface area (Å²) in [5, 5.41) is 3.46. The van der Waals surface area contributed by atoms with E-state index in [0.717, 1.165) is 51.6 Å². The number of benzene rings is 1. The predicted octanol–water partition coefficient (Wildman–Crippen LogP) is 3.11. The van der Waals surface area contributed by atoms with Crippen molar-refractivity contribution in [3.8, 4) is 0 Å². The minimum atomic E-state index is 0. The Morgan fingerprint density at radius 2 is 1.88 bits per heavy atom. The average molecular weight is 442 g/mol. The third-order valence-electron chi connectivity index (χ3n) is 5.03. The van der Waals surface area contributed by atoms with Crippen LogP contribution in [-0.2, 0) is 13.0 Å². The Bertz CT molecular complexity index is 540. The molecule has 24 heavy (non-hydrogen) atoms. The second-order valence-electron chi connectivity index (χ2n) is 6.73. The van der Waals surface area contributed by atoms with E-state index in [0.29, 0.717) is 6.04 Å². The normalized spacial score (nSPS) is 19.6. The van der Waals surface area contributed by atoms with Gasteiger partial charge in [0, 0.05) is 38.8 Å². The number of aliphatic imine (C=N–C) groups is 1. The van der Waals surface area contributed by atoms with E-state index in [1.165, 1.54) is 24.0 Å². The smallest absolute Gasteiger partial charge is 0.193 e. The zero-order valence-corrected chi connectivity index (χ0v) is 17.3. The van der Waals surface area contributed by atoms with Crippen LogP contribution >= 0.6 is 24.0 Å². The van der Waals surface area contributed by atoms with Crippen LogP contribution in [0.5, 0.6) is 0 Å². The number of halogens is 1. The molecule has 2 aliphatic rings. The van der Waals surface area contributed by atoms with Gasteiger partial charge in [0.25, 0.3) is 0 Å². The van der Waals surface area contributed by atoms with E-state index >= 15 is 0 Å². The van der Waals surface area contributed by atoms with E-state index in [1.807, 2.05) is 0 Å². The summed E-state index contributed by atoms with van der Waals surface area (Å²) in [5.41, 5.74) is 3.01. The maximum absolute atomic E-state index is 4.92. The summed E-state index contributed by atoms with van der Waals surface area (Å²) in [4.78, 5) is 9.89. The van der Waals surface area contributed by atoms with Crippen LogP contribution in [0.3, 0.4) is 0 Å². The molecule has 1 saturated heterocycles. The summed E-state index contributed by atoms with van der Waals surface area (Å²) >= 11 is 0. The molecule has 134 valence electrons. The number of guanidine groups is 1.